The Labute approximate surface area is 173 Å². The number of halogens is 1. The minimum absolute atomic E-state index is 0.256. The van der Waals surface area contributed by atoms with Gasteiger partial charge in [-0.3, -0.25) is 9.59 Å². The molecule has 29 heavy (non-hydrogen) atoms. The van der Waals surface area contributed by atoms with E-state index < -0.39 is 0 Å². The molecule has 3 rings (SSSR count). The molecule has 3 aromatic carbocycles. The number of carbonyl (C=O) groups excluding carboxylic acids is 2. The second-order valence-corrected chi connectivity index (χ2v) is 6.46. The van der Waals surface area contributed by atoms with Crippen LogP contribution in [0.3, 0.4) is 0 Å². The molecule has 0 saturated carbocycles. The number of carbonyl (C=O) groups is 2. The van der Waals surface area contributed by atoms with Crippen LogP contribution in [0.15, 0.2) is 90.0 Å². The lowest BCUT2D eigenvalue weighted by atomic mass is 10.1. The molecule has 0 aliphatic rings. The molecule has 0 heterocycles. The van der Waals surface area contributed by atoms with Gasteiger partial charge in [-0.1, -0.05) is 48.0 Å². The van der Waals surface area contributed by atoms with Crippen molar-refractivity contribution in [3.63, 3.8) is 0 Å². The first kappa shape index (κ1) is 20.0. The summed E-state index contributed by atoms with van der Waals surface area (Å²) in [6.45, 7) is 0. The van der Waals surface area contributed by atoms with Crippen LogP contribution in [0.2, 0.25) is 5.02 Å². The van der Waals surface area contributed by atoms with Crippen molar-refractivity contribution in [1.82, 2.24) is 5.43 Å². The van der Waals surface area contributed by atoms with Crippen LogP contribution in [0.25, 0.3) is 6.08 Å². The predicted molar refractivity (Wildman–Crippen MR) is 117 cm³/mol. The third kappa shape index (κ3) is 6.16. The van der Waals surface area contributed by atoms with Crippen LogP contribution in [-0.2, 0) is 0 Å². The zero-order valence-corrected chi connectivity index (χ0v) is 16.1. The summed E-state index contributed by atoms with van der Waals surface area (Å²) in [6, 6.07) is 22.9. The number of amides is 2. The molecular weight excluding hydrogens is 386 g/mol. The Morgan fingerprint density at radius 3 is 2.10 bits per heavy atom. The smallest absolute Gasteiger partial charge is 0.271 e. The number of nitrogens with zero attached hydrogens (tertiary/aromatic N) is 1. The van der Waals surface area contributed by atoms with Crippen molar-refractivity contribution in [2.45, 2.75) is 0 Å². The van der Waals surface area contributed by atoms with E-state index >= 15 is 0 Å². The average Bonchev–Trinajstić information content (AvgIpc) is 2.75. The fourth-order valence-corrected chi connectivity index (χ4v) is 2.56. The number of rotatable bonds is 6. The molecule has 2 amide bonds. The Morgan fingerprint density at radius 1 is 0.793 bits per heavy atom. The van der Waals surface area contributed by atoms with Crippen LogP contribution < -0.4 is 10.7 Å². The van der Waals surface area contributed by atoms with E-state index in [1.165, 1.54) is 6.21 Å². The van der Waals surface area contributed by atoms with E-state index in [0.717, 1.165) is 5.56 Å². The molecule has 0 aliphatic carbocycles. The molecule has 3 aromatic rings. The van der Waals surface area contributed by atoms with Crippen LogP contribution in [0.4, 0.5) is 5.69 Å². The van der Waals surface area contributed by atoms with E-state index in [4.69, 9.17) is 11.6 Å². The molecule has 144 valence electrons. The normalized spacial score (nSPS) is 10.9. The molecule has 0 atom stereocenters. The SMILES string of the molecule is O=C(N/N=C\C=C\c1ccccc1)c1ccc(NC(=O)c2ccc(Cl)cc2)cc1. The molecule has 0 bridgehead atoms. The first-order chi connectivity index (χ1) is 14.1. The third-order valence-corrected chi connectivity index (χ3v) is 4.18. The van der Waals surface area contributed by atoms with Gasteiger partial charge in [0.1, 0.15) is 0 Å². The maximum atomic E-state index is 12.2. The van der Waals surface area contributed by atoms with Crippen molar-refractivity contribution in [2.24, 2.45) is 5.10 Å². The summed E-state index contributed by atoms with van der Waals surface area (Å²) in [5.74, 6) is -0.599. The lowest BCUT2D eigenvalue weighted by Crippen LogP contribution is -2.17. The Morgan fingerprint density at radius 2 is 1.41 bits per heavy atom. The lowest BCUT2D eigenvalue weighted by molar-refractivity contribution is 0.0954. The van der Waals surface area contributed by atoms with Gasteiger partial charge in [0.25, 0.3) is 11.8 Å². The maximum absolute atomic E-state index is 12.2. The number of hydrazone groups is 1. The molecule has 5 nitrogen and oxygen atoms in total. The molecule has 0 spiro atoms. The molecule has 2 N–H and O–H groups in total. The quantitative estimate of drug-likeness (QED) is 0.448. The molecule has 0 saturated heterocycles. The van der Waals surface area contributed by atoms with E-state index in [-0.39, 0.29) is 11.8 Å². The molecule has 0 fully saturated rings. The van der Waals surface area contributed by atoms with Gasteiger partial charge in [-0.15, -0.1) is 0 Å². The topological polar surface area (TPSA) is 70.6 Å². The predicted octanol–water partition coefficient (Wildman–Crippen LogP) is 5.02. The first-order valence-electron chi connectivity index (χ1n) is 8.84. The van der Waals surface area contributed by atoms with Crippen LogP contribution in [0.5, 0.6) is 0 Å². The minimum atomic E-state index is -0.343. The average molecular weight is 404 g/mol. The van der Waals surface area contributed by atoms with Gasteiger partial charge in [-0.05, 0) is 60.2 Å². The number of benzene rings is 3. The van der Waals surface area contributed by atoms with Gasteiger partial charge >= 0.3 is 0 Å². The van der Waals surface area contributed by atoms with Crippen molar-refractivity contribution in [1.29, 1.82) is 0 Å². The summed E-state index contributed by atoms with van der Waals surface area (Å²) in [6.07, 6.45) is 5.13. The van der Waals surface area contributed by atoms with Gasteiger partial charge in [-0.2, -0.15) is 5.10 Å². The van der Waals surface area contributed by atoms with Crippen molar-refractivity contribution in [3.05, 3.63) is 107 Å². The molecule has 0 aromatic heterocycles. The van der Waals surface area contributed by atoms with E-state index in [1.807, 2.05) is 36.4 Å². The Kier molecular flexibility index (Phi) is 6.92. The molecule has 0 unspecified atom stereocenters. The number of hydrogen-bond acceptors (Lipinski definition) is 3. The highest BCUT2D eigenvalue weighted by molar-refractivity contribution is 6.30. The first-order valence-corrected chi connectivity index (χ1v) is 9.22. The Bertz CT molecular complexity index is 1030. The number of allylic oxidation sites excluding steroid dienone is 1. The second-order valence-electron chi connectivity index (χ2n) is 6.03. The van der Waals surface area contributed by atoms with Crippen molar-refractivity contribution >= 4 is 41.4 Å². The van der Waals surface area contributed by atoms with E-state index in [2.05, 4.69) is 15.8 Å². The van der Waals surface area contributed by atoms with Crippen LogP contribution in [0.1, 0.15) is 26.3 Å². The minimum Gasteiger partial charge on any atom is -0.322 e. The molecular formula is C23H18ClN3O2. The Balaban J connectivity index is 1.52. The molecule has 0 radical (unpaired) electrons. The number of nitrogens with one attached hydrogen (secondary N) is 2. The highest BCUT2D eigenvalue weighted by Crippen LogP contribution is 2.14. The van der Waals surface area contributed by atoms with Crippen molar-refractivity contribution in [2.75, 3.05) is 5.32 Å². The van der Waals surface area contributed by atoms with E-state index in [1.54, 1.807) is 54.6 Å². The highest BCUT2D eigenvalue weighted by atomic mass is 35.5. The second kappa shape index (κ2) is 10.0. The summed E-state index contributed by atoms with van der Waals surface area (Å²) in [7, 11) is 0. The van der Waals surface area contributed by atoms with E-state index in [0.29, 0.717) is 21.8 Å². The van der Waals surface area contributed by atoms with Crippen LogP contribution in [-0.4, -0.2) is 18.0 Å². The number of anilines is 1. The van der Waals surface area contributed by atoms with Gasteiger partial charge in [0.2, 0.25) is 0 Å². The monoisotopic (exact) mass is 403 g/mol. The standard InChI is InChI=1S/C23H18ClN3O2/c24-20-12-8-18(9-13-20)22(28)26-21-14-10-19(11-15-21)23(29)27-25-16-4-7-17-5-2-1-3-6-17/h1-16H,(H,26,28)(H,27,29)/b7-4+,25-16-. The fourth-order valence-electron chi connectivity index (χ4n) is 2.43. The largest absolute Gasteiger partial charge is 0.322 e. The highest BCUT2D eigenvalue weighted by Gasteiger charge is 2.07. The van der Waals surface area contributed by atoms with Crippen LogP contribution in [0, 0.1) is 0 Å². The summed E-state index contributed by atoms with van der Waals surface area (Å²) in [5.41, 5.74) is 5.00. The zero-order valence-electron chi connectivity index (χ0n) is 15.4. The Hall–Kier alpha value is -3.70. The van der Waals surface area contributed by atoms with Gasteiger partial charge < -0.3 is 5.32 Å². The fraction of sp³-hybridized carbons (Fsp3) is 0. The van der Waals surface area contributed by atoms with Gasteiger partial charge in [0.15, 0.2) is 0 Å². The van der Waals surface area contributed by atoms with E-state index in [9.17, 15) is 9.59 Å². The number of hydrogen-bond donors (Lipinski definition) is 2. The van der Waals surface area contributed by atoms with Crippen LogP contribution >= 0.6 is 11.6 Å². The molecule has 6 heteroatoms. The summed E-state index contributed by atoms with van der Waals surface area (Å²) in [4.78, 5) is 24.3. The third-order valence-electron chi connectivity index (χ3n) is 3.93. The van der Waals surface area contributed by atoms with Crippen molar-refractivity contribution in [3.8, 4) is 0 Å². The van der Waals surface area contributed by atoms with Gasteiger partial charge in [-0.25, -0.2) is 5.43 Å². The summed E-state index contributed by atoms with van der Waals surface area (Å²) < 4.78 is 0. The lowest BCUT2D eigenvalue weighted by Gasteiger charge is -2.06. The van der Waals surface area contributed by atoms with Gasteiger partial charge in [0, 0.05) is 28.1 Å². The molecule has 0 aliphatic heterocycles. The summed E-state index contributed by atoms with van der Waals surface area (Å²) >= 11 is 5.82. The van der Waals surface area contributed by atoms with Gasteiger partial charge in [0.05, 0.1) is 0 Å². The van der Waals surface area contributed by atoms with Crippen molar-refractivity contribution < 1.29 is 9.59 Å². The zero-order chi connectivity index (χ0) is 20.5. The summed E-state index contributed by atoms with van der Waals surface area (Å²) in [5, 5.41) is 7.22. The maximum Gasteiger partial charge on any atom is 0.271 e.